The Morgan fingerprint density at radius 2 is 0.632 bits per heavy atom. The maximum atomic E-state index is 10.9. The molecule has 14 heteroatoms. The summed E-state index contributed by atoms with van der Waals surface area (Å²) in [5.74, 6) is 4.71. The lowest BCUT2D eigenvalue weighted by atomic mass is 10.4. The minimum Gasteiger partial charge on any atom is -0.382 e. The number of ether oxygens (including phenoxy) is 11. The van der Waals surface area contributed by atoms with Crippen LogP contribution in [0.15, 0.2) is 0 Å². The summed E-state index contributed by atoms with van der Waals surface area (Å²) < 4.78 is 58.7. The van der Waals surface area contributed by atoms with Gasteiger partial charge >= 0.3 is 0 Å². The summed E-state index contributed by atoms with van der Waals surface area (Å²) in [6, 6.07) is 0. The van der Waals surface area contributed by atoms with Gasteiger partial charge in [0.25, 0.3) is 0 Å². The Hall–Kier alpha value is -1.01. The number of hydrogen-bond donors (Lipinski definition) is 2. The molecule has 3 N–H and O–H groups in total. The molecule has 1 amide bonds. The van der Waals surface area contributed by atoms with Crippen LogP contribution < -0.4 is 11.3 Å². The first-order chi connectivity index (χ1) is 18.8. The molecule has 0 fully saturated rings. The fourth-order valence-electron chi connectivity index (χ4n) is 2.46. The zero-order valence-electron chi connectivity index (χ0n) is 23.0. The summed E-state index contributed by atoms with van der Waals surface area (Å²) in [6.45, 7) is 10.5. The molecular formula is C24H50N2O12. The van der Waals surface area contributed by atoms with Gasteiger partial charge in [0.1, 0.15) is 0 Å². The van der Waals surface area contributed by atoms with Crippen molar-refractivity contribution in [2.24, 2.45) is 5.84 Å². The molecule has 228 valence electrons. The van der Waals surface area contributed by atoms with E-state index < -0.39 is 0 Å². The van der Waals surface area contributed by atoms with Crippen LogP contribution in [0, 0.1) is 0 Å². The van der Waals surface area contributed by atoms with Crippen molar-refractivity contribution in [2.45, 2.75) is 6.42 Å². The van der Waals surface area contributed by atoms with Crippen LogP contribution in [0.4, 0.5) is 0 Å². The van der Waals surface area contributed by atoms with Gasteiger partial charge in [-0.2, -0.15) is 0 Å². The van der Waals surface area contributed by atoms with E-state index in [0.29, 0.717) is 139 Å². The zero-order valence-corrected chi connectivity index (χ0v) is 23.0. The Morgan fingerprint density at radius 3 is 0.842 bits per heavy atom. The second-order valence-corrected chi connectivity index (χ2v) is 7.43. The molecule has 0 unspecified atom stereocenters. The quantitative estimate of drug-likeness (QED) is 0.0446. The van der Waals surface area contributed by atoms with E-state index in [2.05, 4.69) is 0 Å². The fraction of sp³-hybridized carbons (Fsp3) is 0.958. The molecule has 0 aliphatic rings. The second kappa shape index (κ2) is 34.0. The molecule has 38 heavy (non-hydrogen) atoms. The van der Waals surface area contributed by atoms with E-state index >= 15 is 0 Å². The average Bonchev–Trinajstić information content (AvgIpc) is 2.93. The van der Waals surface area contributed by atoms with Gasteiger partial charge in [0, 0.05) is 7.11 Å². The minimum absolute atomic E-state index is 0.233. The molecule has 0 saturated carbocycles. The van der Waals surface area contributed by atoms with Gasteiger partial charge in [-0.25, -0.2) is 5.84 Å². The molecule has 0 atom stereocenters. The van der Waals surface area contributed by atoms with E-state index in [1.54, 1.807) is 7.11 Å². The number of nitrogens with one attached hydrogen (secondary N) is 1. The zero-order chi connectivity index (χ0) is 27.6. The highest BCUT2D eigenvalue weighted by Crippen LogP contribution is 1.87. The summed E-state index contributed by atoms with van der Waals surface area (Å²) in [7, 11) is 1.64. The van der Waals surface area contributed by atoms with Gasteiger partial charge in [0.05, 0.1) is 145 Å². The third kappa shape index (κ3) is 33.0. The molecular weight excluding hydrogens is 508 g/mol. The van der Waals surface area contributed by atoms with Gasteiger partial charge in [-0.05, 0) is 0 Å². The highest BCUT2D eigenvalue weighted by molar-refractivity contribution is 5.75. The number of methoxy groups -OCH3 is 1. The maximum absolute atomic E-state index is 10.9. The van der Waals surface area contributed by atoms with Crippen LogP contribution in [-0.4, -0.2) is 152 Å². The third-order valence-electron chi connectivity index (χ3n) is 4.41. The minimum atomic E-state index is -0.257. The number of carbonyl (C=O) groups excluding carboxylic acids is 1. The Balaban J connectivity index is 3.03. The van der Waals surface area contributed by atoms with E-state index in [0.717, 1.165) is 0 Å². The predicted octanol–water partition coefficient (Wildman–Crippen LogP) is -0.821. The summed E-state index contributed by atoms with van der Waals surface area (Å²) in [4.78, 5) is 10.9. The monoisotopic (exact) mass is 558 g/mol. The number of nitrogens with two attached hydrogens (primary N) is 1. The Labute approximate surface area is 226 Å². The molecule has 0 bridgehead atoms. The molecule has 0 aliphatic heterocycles. The first-order valence-corrected chi connectivity index (χ1v) is 13.1. The fourth-order valence-corrected chi connectivity index (χ4v) is 2.46. The molecule has 0 spiro atoms. The maximum Gasteiger partial charge on any atom is 0.236 e. The summed E-state index contributed by atoms with van der Waals surface area (Å²) in [5, 5.41) is 0. The van der Waals surface area contributed by atoms with Gasteiger partial charge in [-0.15, -0.1) is 0 Å². The third-order valence-corrected chi connectivity index (χ3v) is 4.41. The molecule has 0 aromatic rings. The van der Waals surface area contributed by atoms with Gasteiger partial charge in [-0.1, -0.05) is 0 Å². The molecule has 0 rings (SSSR count). The average molecular weight is 559 g/mol. The summed E-state index contributed by atoms with van der Waals surface area (Å²) >= 11 is 0. The number of hydrogen-bond acceptors (Lipinski definition) is 13. The van der Waals surface area contributed by atoms with Crippen molar-refractivity contribution < 1.29 is 56.9 Å². The summed E-state index contributed by atoms with van der Waals surface area (Å²) in [5.41, 5.74) is 2.04. The van der Waals surface area contributed by atoms with Crippen LogP contribution in [0.5, 0.6) is 0 Å². The molecule has 0 aromatic heterocycles. The molecule has 0 saturated heterocycles. The van der Waals surface area contributed by atoms with Crippen LogP contribution in [0.1, 0.15) is 6.42 Å². The van der Waals surface area contributed by atoms with E-state index in [-0.39, 0.29) is 12.3 Å². The van der Waals surface area contributed by atoms with Gasteiger partial charge in [0.15, 0.2) is 0 Å². The van der Waals surface area contributed by atoms with Crippen LogP contribution in [0.25, 0.3) is 0 Å². The van der Waals surface area contributed by atoms with Crippen molar-refractivity contribution >= 4 is 5.91 Å². The van der Waals surface area contributed by atoms with Crippen molar-refractivity contribution in [1.82, 2.24) is 5.43 Å². The molecule has 14 nitrogen and oxygen atoms in total. The predicted molar refractivity (Wildman–Crippen MR) is 137 cm³/mol. The molecule has 0 aliphatic carbocycles. The lowest BCUT2D eigenvalue weighted by Crippen LogP contribution is -2.30. The number of carbonyl (C=O) groups is 1. The SMILES string of the molecule is COCCOCCOCCOCCOCCOCCOCCOCCOCCOCCOCCC(=O)NN. The van der Waals surface area contributed by atoms with E-state index in [9.17, 15) is 4.79 Å². The van der Waals surface area contributed by atoms with Crippen molar-refractivity contribution in [3.8, 4) is 0 Å². The van der Waals surface area contributed by atoms with Crippen molar-refractivity contribution in [2.75, 3.05) is 146 Å². The molecule has 0 aromatic carbocycles. The van der Waals surface area contributed by atoms with E-state index in [1.165, 1.54) is 0 Å². The summed E-state index contributed by atoms with van der Waals surface area (Å²) in [6.07, 6.45) is 0.233. The number of amides is 1. The van der Waals surface area contributed by atoms with Gasteiger partial charge in [0.2, 0.25) is 5.91 Å². The first kappa shape index (κ1) is 37.0. The number of rotatable bonds is 33. The molecule has 0 radical (unpaired) electrons. The highest BCUT2D eigenvalue weighted by Gasteiger charge is 1.98. The Morgan fingerprint density at radius 1 is 0.421 bits per heavy atom. The lowest BCUT2D eigenvalue weighted by molar-refractivity contribution is -0.122. The van der Waals surface area contributed by atoms with Crippen molar-refractivity contribution in [3.63, 3.8) is 0 Å². The molecule has 0 heterocycles. The normalized spacial score (nSPS) is 11.3. The van der Waals surface area contributed by atoms with Crippen molar-refractivity contribution in [1.29, 1.82) is 0 Å². The standard InChI is InChI=1S/C24H50N2O12/c1-28-4-5-30-8-9-32-12-13-34-16-17-36-20-21-38-23-22-37-19-18-35-15-14-33-11-10-31-7-6-29-3-2-24(27)26-25/h2-23,25H2,1H3,(H,26,27). The Bertz CT molecular complexity index is 466. The topological polar surface area (TPSA) is 157 Å². The van der Waals surface area contributed by atoms with Gasteiger partial charge < -0.3 is 52.1 Å². The second-order valence-electron chi connectivity index (χ2n) is 7.43. The van der Waals surface area contributed by atoms with Crippen LogP contribution >= 0.6 is 0 Å². The van der Waals surface area contributed by atoms with E-state index in [4.69, 9.17) is 57.9 Å². The highest BCUT2D eigenvalue weighted by atomic mass is 16.6. The smallest absolute Gasteiger partial charge is 0.236 e. The largest absolute Gasteiger partial charge is 0.382 e. The van der Waals surface area contributed by atoms with E-state index in [1.807, 2.05) is 5.43 Å². The van der Waals surface area contributed by atoms with Crippen LogP contribution in [0.3, 0.4) is 0 Å². The van der Waals surface area contributed by atoms with Gasteiger partial charge in [-0.3, -0.25) is 10.2 Å². The van der Waals surface area contributed by atoms with Crippen molar-refractivity contribution in [3.05, 3.63) is 0 Å². The van der Waals surface area contributed by atoms with Crippen LogP contribution in [-0.2, 0) is 56.9 Å². The first-order valence-electron chi connectivity index (χ1n) is 13.1. The number of hydrazine groups is 1. The Kier molecular flexibility index (Phi) is 33.1. The lowest BCUT2D eigenvalue weighted by Gasteiger charge is -2.09. The van der Waals surface area contributed by atoms with Crippen LogP contribution in [0.2, 0.25) is 0 Å².